The van der Waals surface area contributed by atoms with Gasteiger partial charge in [0.1, 0.15) is 6.10 Å². The van der Waals surface area contributed by atoms with Crippen LogP contribution in [0, 0.1) is 0 Å². The number of aliphatic hydroxyl groups excluding tert-OH is 1. The summed E-state index contributed by atoms with van der Waals surface area (Å²) >= 11 is 0. The molecule has 1 unspecified atom stereocenters. The number of rotatable bonds is 7. The molecular weight excluding hydrogens is 176 g/mol. The largest absolute Gasteiger partial charge is 0.383 e. The molecule has 0 heterocycles. The van der Waals surface area contributed by atoms with Crippen LogP contribution < -0.4 is 0 Å². The quantitative estimate of drug-likeness (QED) is 0.433. The van der Waals surface area contributed by atoms with Crippen LogP contribution in [0.15, 0.2) is 0 Å². The number of aliphatic hydroxyl groups is 1. The Hall–Kier alpha value is -0.780. The second kappa shape index (κ2) is 6.71. The highest BCUT2D eigenvalue weighted by Gasteiger charge is 2.21. The molecular formula is C8H14O5. The van der Waals surface area contributed by atoms with Gasteiger partial charge in [0.25, 0.3) is 0 Å². The first-order valence-electron chi connectivity index (χ1n) is 3.96. The summed E-state index contributed by atoms with van der Waals surface area (Å²) in [5, 5.41) is 9.09. The van der Waals surface area contributed by atoms with E-state index in [0.29, 0.717) is 19.0 Å². The summed E-state index contributed by atoms with van der Waals surface area (Å²) in [6.07, 6.45) is -1.70. The first-order valence-corrected chi connectivity index (χ1v) is 3.96. The maximum absolute atomic E-state index is 10.3. The number of methoxy groups -OCH3 is 1. The van der Waals surface area contributed by atoms with Crippen molar-refractivity contribution in [3.8, 4) is 0 Å². The third kappa shape index (κ3) is 4.12. The Morgan fingerprint density at radius 2 is 2.00 bits per heavy atom. The molecule has 13 heavy (non-hydrogen) atoms. The average Bonchev–Trinajstić information content (AvgIpc) is 2.19. The minimum atomic E-state index is -1.22. The van der Waals surface area contributed by atoms with Crippen molar-refractivity contribution in [3.05, 3.63) is 0 Å². The van der Waals surface area contributed by atoms with Gasteiger partial charge in [0.15, 0.2) is 12.6 Å². The van der Waals surface area contributed by atoms with Gasteiger partial charge in [-0.1, -0.05) is 6.92 Å². The molecule has 0 aromatic heterocycles. The summed E-state index contributed by atoms with van der Waals surface area (Å²) in [5.74, 6) is 0. The molecule has 0 aliphatic heterocycles. The molecule has 0 saturated heterocycles. The lowest BCUT2D eigenvalue weighted by Gasteiger charge is -2.20. The lowest BCUT2D eigenvalue weighted by Crippen LogP contribution is -2.34. The zero-order valence-electron chi connectivity index (χ0n) is 7.67. The van der Waals surface area contributed by atoms with Gasteiger partial charge < -0.3 is 19.4 Å². The molecule has 0 aliphatic carbocycles. The molecule has 0 aromatic carbocycles. The number of ether oxygens (including phenoxy) is 2. The van der Waals surface area contributed by atoms with Crippen LogP contribution in [0.25, 0.3) is 0 Å². The van der Waals surface area contributed by atoms with Crippen LogP contribution in [0.2, 0.25) is 0 Å². The Bertz CT molecular complexity index is 159. The molecule has 0 spiro atoms. The van der Waals surface area contributed by atoms with E-state index in [1.165, 1.54) is 7.11 Å². The van der Waals surface area contributed by atoms with E-state index in [0.717, 1.165) is 0 Å². The van der Waals surface area contributed by atoms with Crippen molar-refractivity contribution in [1.29, 1.82) is 0 Å². The van der Waals surface area contributed by atoms with Gasteiger partial charge in [-0.25, -0.2) is 0 Å². The SMILES string of the molecule is CCC(O[C@@H](C=O)OC)[C@@H](O)C=O. The van der Waals surface area contributed by atoms with E-state index in [1.807, 2.05) is 0 Å². The zero-order valence-corrected chi connectivity index (χ0v) is 7.67. The van der Waals surface area contributed by atoms with Crippen LogP contribution in [0.5, 0.6) is 0 Å². The monoisotopic (exact) mass is 190 g/mol. The Morgan fingerprint density at radius 1 is 1.38 bits per heavy atom. The molecule has 0 aliphatic rings. The Kier molecular flexibility index (Phi) is 6.30. The van der Waals surface area contributed by atoms with Crippen LogP contribution >= 0.6 is 0 Å². The highest BCUT2D eigenvalue weighted by atomic mass is 16.7. The fourth-order valence-electron chi connectivity index (χ4n) is 0.821. The van der Waals surface area contributed by atoms with Gasteiger partial charge >= 0.3 is 0 Å². The minimum Gasteiger partial charge on any atom is -0.383 e. The Morgan fingerprint density at radius 3 is 2.31 bits per heavy atom. The van der Waals surface area contributed by atoms with E-state index in [4.69, 9.17) is 9.84 Å². The lowest BCUT2D eigenvalue weighted by molar-refractivity contribution is -0.178. The lowest BCUT2D eigenvalue weighted by atomic mass is 10.2. The predicted octanol–water partition coefficient (Wildman–Crippen LogP) is -0.487. The summed E-state index contributed by atoms with van der Waals surface area (Å²) in [6.45, 7) is 1.73. The molecule has 5 heteroatoms. The van der Waals surface area contributed by atoms with E-state index in [2.05, 4.69) is 4.74 Å². The maximum Gasteiger partial charge on any atom is 0.214 e. The van der Waals surface area contributed by atoms with Gasteiger partial charge in [-0.15, -0.1) is 0 Å². The maximum atomic E-state index is 10.3. The fourth-order valence-corrected chi connectivity index (χ4v) is 0.821. The zero-order chi connectivity index (χ0) is 10.3. The van der Waals surface area contributed by atoms with Crippen molar-refractivity contribution < 1.29 is 24.2 Å². The number of carbonyl (C=O) groups excluding carboxylic acids is 2. The van der Waals surface area contributed by atoms with Gasteiger partial charge in [-0.2, -0.15) is 0 Å². The summed E-state index contributed by atoms with van der Waals surface area (Å²) in [6, 6.07) is 0. The van der Waals surface area contributed by atoms with E-state index in [9.17, 15) is 9.59 Å². The van der Waals surface area contributed by atoms with E-state index < -0.39 is 18.5 Å². The van der Waals surface area contributed by atoms with Gasteiger partial charge in [0.2, 0.25) is 6.29 Å². The van der Waals surface area contributed by atoms with Gasteiger partial charge in [-0.05, 0) is 6.42 Å². The summed E-state index contributed by atoms with van der Waals surface area (Å²) < 4.78 is 9.59. The average molecular weight is 190 g/mol. The van der Waals surface area contributed by atoms with Crippen LogP contribution in [-0.4, -0.2) is 43.3 Å². The molecule has 5 nitrogen and oxygen atoms in total. The molecule has 0 amide bonds. The molecule has 0 rings (SSSR count). The van der Waals surface area contributed by atoms with Crippen LogP contribution in [0.1, 0.15) is 13.3 Å². The van der Waals surface area contributed by atoms with E-state index in [1.54, 1.807) is 6.92 Å². The number of carbonyl (C=O) groups is 2. The standard InChI is InChI=1S/C8H14O5/c1-3-7(6(11)4-9)13-8(5-10)12-2/h4-8,11H,3H2,1-2H3/t6-,7?,8-/m0/s1. The molecule has 0 saturated carbocycles. The van der Waals surface area contributed by atoms with Crippen molar-refractivity contribution in [1.82, 2.24) is 0 Å². The Labute approximate surface area is 76.6 Å². The van der Waals surface area contributed by atoms with Crippen molar-refractivity contribution in [3.63, 3.8) is 0 Å². The first kappa shape index (κ1) is 12.2. The Balaban J connectivity index is 4.09. The van der Waals surface area contributed by atoms with E-state index >= 15 is 0 Å². The van der Waals surface area contributed by atoms with Gasteiger partial charge in [-0.3, -0.25) is 4.79 Å². The highest BCUT2D eigenvalue weighted by Crippen LogP contribution is 2.06. The van der Waals surface area contributed by atoms with E-state index in [-0.39, 0.29) is 0 Å². The highest BCUT2D eigenvalue weighted by molar-refractivity contribution is 5.57. The number of hydrogen-bond acceptors (Lipinski definition) is 5. The fraction of sp³-hybridized carbons (Fsp3) is 0.750. The van der Waals surface area contributed by atoms with Gasteiger partial charge in [0, 0.05) is 7.11 Å². The summed E-state index contributed by atoms with van der Waals surface area (Å²) in [5.41, 5.74) is 0. The second-order valence-corrected chi connectivity index (χ2v) is 2.45. The number of aldehydes is 2. The molecule has 0 radical (unpaired) electrons. The normalized spacial score (nSPS) is 17.5. The molecule has 3 atom stereocenters. The molecule has 0 aromatic rings. The second-order valence-electron chi connectivity index (χ2n) is 2.45. The van der Waals surface area contributed by atoms with Crippen molar-refractivity contribution in [2.24, 2.45) is 0 Å². The van der Waals surface area contributed by atoms with Gasteiger partial charge in [0.05, 0.1) is 6.10 Å². The topological polar surface area (TPSA) is 72.8 Å². The molecule has 0 fully saturated rings. The van der Waals surface area contributed by atoms with Crippen LogP contribution in [0.4, 0.5) is 0 Å². The molecule has 0 bridgehead atoms. The molecule has 76 valence electrons. The number of hydrogen-bond donors (Lipinski definition) is 1. The predicted molar refractivity (Wildman–Crippen MR) is 44.1 cm³/mol. The van der Waals surface area contributed by atoms with Crippen LogP contribution in [0.3, 0.4) is 0 Å². The minimum absolute atomic E-state index is 0.367. The van der Waals surface area contributed by atoms with Crippen molar-refractivity contribution in [2.45, 2.75) is 31.8 Å². The summed E-state index contributed by atoms with van der Waals surface area (Å²) in [7, 11) is 1.30. The van der Waals surface area contributed by atoms with Crippen molar-refractivity contribution in [2.75, 3.05) is 7.11 Å². The third-order valence-electron chi connectivity index (χ3n) is 1.58. The molecule has 1 N–H and O–H groups in total. The van der Waals surface area contributed by atoms with Crippen LogP contribution in [-0.2, 0) is 19.1 Å². The van der Waals surface area contributed by atoms with Crippen molar-refractivity contribution >= 4 is 12.6 Å². The smallest absolute Gasteiger partial charge is 0.214 e. The first-order chi connectivity index (χ1) is 6.19. The summed E-state index contributed by atoms with van der Waals surface area (Å²) in [4.78, 5) is 20.5. The third-order valence-corrected chi connectivity index (χ3v) is 1.58.